The van der Waals surface area contributed by atoms with Crippen molar-refractivity contribution in [2.75, 3.05) is 5.73 Å². The average Bonchev–Trinajstić information content (AvgIpc) is 3.16. The molecule has 4 N–H and O–H groups in total. The van der Waals surface area contributed by atoms with Gasteiger partial charge in [-0.15, -0.1) is 0 Å². The predicted octanol–water partition coefficient (Wildman–Crippen LogP) is 4.10. The van der Waals surface area contributed by atoms with E-state index < -0.39 is 11.4 Å². The van der Waals surface area contributed by atoms with Gasteiger partial charge < -0.3 is 10.7 Å². The number of halogens is 2. The van der Waals surface area contributed by atoms with Gasteiger partial charge in [-0.25, -0.2) is 4.39 Å². The van der Waals surface area contributed by atoms with E-state index in [-0.39, 0.29) is 11.2 Å². The molecule has 0 aliphatic carbocycles. The van der Waals surface area contributed by atoms with Crippen LogP contribution < -0.4 is 11.3 Å². The smallest absolute Gasteiger partial charge is 0.272 e. The van der Waals surface area contributed by atoms with Gasteiger partial charge in [0.1, 0.15) is 17.0 Å². The normalized spacial score (nSPS) is 11.6. The molecule has 5 rings (SSSR count). The molecule has 0 spiro atoms. The summed E-state index contributed by atoms with van der Waals surface area (Å²) in [5, 5.41) is 9.58. The summed E-state index contributed by atoms with van der Waals surface area (Å²) in [6, 6.07) is 6.66. The van der Waals surface area contributed by atoms with Crippen molar-refractivity contribution in [1.82, 2.24) is 20.2 Å². The predicted molar refractivity (Wildman–Crippen MR) is 107 cm³/mol. The molecule has 5 aromatic rings. The summed E-state index contributed by atoms with van der Waals surface area (Å²) >= 11 is 3.57. The third-order valence-corrected chi connectivity index (χ3v) is 5.40. The number of H-pyrrole nitrogens is 2. The molecule has 132 valence electrons. The first-order valence-electron chi connectivity index (χ1n) is 8.06. The van der Waals surface area contributed by atoms with E-state index in [1.165, 1.54) is 12.3 Å². The monoisotopic (exact) mass is 423 g/mol. The Morgan fingerprint density at radius 2 is 1.89 bits per heavy atom. The molecule has 0 atom stereocenters. The van der Waals surface area contributed by atoms with E-state index in [4.69, 9.17) is 5.73 Å². The molecular formula is C19H11BrFN5O. The Balaban J connectivity index is 2.03. The summed E-state index contributed by atoms with van der Waals surface area (Å²) in [4.78, 5) is 19.6. The Labute approximate surface area is 159 Å². The fourth-order valence-electron chi connectivity index (χ4n) is 3.51. The van der Waals surface area contributed by atoms with Crippen molar-refractivity contribution in [2.45, 2.75) is 0 Å². The molecule has 0 fully saturated rings. The largest absolute Gasteiger partial charge is 0.394 e. The summed E-state index contributed by atoms with van der Waals surface area (Å²) in [7, 11) is 0. The van der Waals surface area contributed by atoms with Crippen LogP contribution in [0.5, 0.6) is 0 Å². The molecule has 6 nitrogen and oxygen atoms in total. The van der Waals surface area contributed by atoms with Gasteiger partial charge in [-0.05, 0) is 23.8 Å². The second-order valence-electron chi connectivity index (χ2n) is 6.20. The quantitative estimate of drug-likeness (QED) is 0.353. The first kappa shape index (κ1) is 16.0. The summed E-state index contributed by atoms with van der Waals surface area (Å²) in [6.07, 6.45) is 4.91. The molecule has 0 amide bonds. The highest BCUT2D eigenvalue weighted by molar-refractivity contribution is 9.10. The second-order valence-corrected chi connectivity index (χ2v) is 7.05. The van der Waals surface area contributed by atoms with Crippen LogP contribution in [-0.2, 0) is 0 Å². The fraction of sp³-hybridized carbons (Fsp3) is 0. The van der Waals surface area contributed by atoms with E-state index in [1.807, 2.05) is 12.1 Å². The van der Waals surface area contributed by atoms with Crippen LogP contribution in [0.3, 0.4) is 0 Å². The van der Waals surface area contributed by atoms with Crippen molar-refractivity contribution in [3.63, 3.8) is 0 Å². The number of nitrogen functional groups attached to an aromatic ring is 1. The molecule has 2 aromatic carbocycles. The van der Waals surface area contributed by atoms with Crippen molar-refractivity contribution >= 4 is 54.2 Å². The fourth-order valence-corrected chi connectivity index (χ4v) is 4.05. The summed E-state index contributed by atoms with van der Waals surface area (Å²) in [5.41, 5.74) is 7.93. The zero-order valence-electron chi connectivity index (χ0n) is 13.7. The maximum Gasteiger partial charge on any atom is 0.272 e. The highest BCUT2D eigenvalue weighted by Gasteiger charge is 2.19. The van der Waals surface area contributed by atoms with Crippen molar-refractivity contribution < 1.29 is 4.39 Å². The average molecular weight is 424 g/mol. The zero-order valence-corrected chi connectivity index (χ0v) is 15.3. The van der Waals surface area contributed by atoms with E-state index in [9.17, 15) is 9.18 Å². The highest BCUT2D eigenvalue weighted by atomic mass is 79.9. The van der Waals surface area contributed by atoms with Gasteiger partial charge in [-0.1, -0.05) is 22.0 Å². The number of nitrogens with two attached hydrogens (primary N) is 1. The van der Waals surface area contributed by atoms with Crippen molar-refractivity contribution in [3.05, 3.63) is 63.5 Å². The number of anilines is 1. The number of rotatable bonds is 1. The van der Waals surface area contributed by atoms with Crippen molar-refractivity contribution in [2.24, 2.45) is 0 Å². The van der Waals surface area contributed by atoms with Crippen LogP contribution in [0, 0.1) is 5.82 Å². The summed E-state index contributed by atoms with van der Waals surface area (Å²) in [6.45, 7) is 0. The van der Waals surface area contributed by atoms with E-state index in [0.29, 0.717) is 22.0 Å². The molecule has 0 radical (unpaired) electrons. The van der Waals surface area contributed by atoms with Crippen molar-refractivity contribution in [3.8, 4) is 11.1 Å². The number of nitrogens with one attached hydrogen (secondary N) is 2. The maximum atomic E-state index is 14.1. The van der Waals surface area contributed by atoms with Gasteiger partial charge in [0, 0.05) is 44.0 Å². The van der Waals surface area contributed by atoms with Crippen molar-refractivity contribution in [1.29, 1.82) is 0 Å². The SMILES string of the molecule is Nc1c(-c2ccc(F)c3[nH]ncc23)c2cc(Br)c3cnccc3c2[nH]c1=O. The third-order valence-electron chi connectivity index (χ3n) is 4.74. The molecular weight excluding hydrogens is 413 g/mol. The molecule has 3 heterocycles. The number of pyridine rings is 2. The Hall–Kier alpha value is -3.26. The van der Waals surface area contributed by atoms with Crippen LogP contribution in [-0.4, -0.2) is 20.2 Å². The number of benzene rings is 2. The molecule has 0 saturated carbocycles. The minimum atomic E-state index is -0.420. The number of fused-ring (bicyclic) bond motifs is 4. The molecule has 0 aliphatic heterocycles. The number of nitrogens with zero attached hydrogens (tertiary/aromatic N) is 2. The number of hydrogen-bond acceptors (Lipinski definition) is 4. The van der Waals surface area contributed by atoms with Gasteiger partial charge in [0.15, 0.2) is 0 Å². The molecule has 0 aliphatic rings. The maximum absolute atomic E-state index is 14.1. The Kier molecular flexibility index (Phi) is 3.32. The lowest BCUT2D eigenvalue weighted by Gasteiger charge is -2.14. The number of aromatic nitrogens is 4. The lowest BCUT2D eigenvalue weighted by atomic mass is 9.95. The summed E-state index contributed by atoms with van der Waals surface area (Å²) in [5.74, 6) is -0.420. The topological polar surface area (TPSA) is 100 Å². The molecule has 8 heteroatoms. The number of aromatic amines is 2. The minimum Gasteiger partial charge on any atom is -0.394 e. The van der Waals surface area contributed by atoms with E-state index in [2.05, 4.69) is 36.1 Å². The Bertz CT molecular complexity index is 1440. The molecule has 0 saturated heterocycles. The van der Waals surface area contributed by atoms with Gasteiger partial charge in [0.05, 0.1) is 11.7 Å². The molecule has 0 bridgehead atoms. The van der Waals surface area contributed by atoms with Crippen LogP contribution in [0.4, 0.5) is 10.1 Å². The first-order valence-corrected chi connectivity index (χ1v) is 8.85. The van der Waals surface area contributed by atoms with Gasteiger partial charge in [-0.3, -0.25) is 14.9 Å². The molecule has 0 unspecified atom stereocenters. The molecule has 27 heavy (non-hydrogen) atoms. The Morgan fingerprint density at radius 3 is 2.74 bits per heavy atom. The van der Waals surface area contributed by atoms with Gasteiger partial charge in [0.2, 0.25) is 0 Å². The van der Waals surface area contributed by atoms with Crippen LogP contribution in [0.1, 0.15) is 0 Å². The Morgan fingerprint density at radius 1 is 1.04 bits per heavy atom. The second kappa shape index (κ2) is 5.62. The summed E-state index contributed by atoms with van der Waals surface area (Å²) < 4.78 is 14.9. The van der Waals surface area contributed by atoms with Crippen LogP contribution in [0.2, 0.25) is 0 Å². The lowest BCUT2D eigenvalue weighted by molar-refractivity contribution is 0.636. The minimum absolute atomic E-state index is 0.0666. The van der Waals surface area contributed by atoms with Crippen LogP contribution in [0.15, 0.2) is 52.1 Å². The lowest BCUT2D eigenvalue weighted by Crippen LogP contribution is -2.13. The standard InChI is InChI=1S/C19H11BrFN5O/c20-13-5-10-15(8-1-2-14(21)18-12(8)7-24-26-18)16(22)19(27)25-17(10)9-3-4-23-6-11(9)13/h1-7H,22H2,(H,24,26)(H,25,27). The first-order chi connectivity index (χ1) is 13.1. The van der Waals surface area contributed by atoms with Crippen LogP contribution in [0.25, 0.3) is 43.7 Å². The van der Waals surface area contributed by atoms with E-state index >= 15 is 0 Å². The van der Waals surface area contributed by atoms with Gasteiger partial charge in [-0.2, -0.15) is 5.10 Å². The number of hydrogen-bond donors (Lipinski definition) is 3. The third kappa shape index (κ3) is 2.20. The van der Waals surface area contributed by atoms with Gasteiger partial charge in [0.25, 0.3) is 5.56 Å². The van der Waals surface area contributed by atoms with Gasteiger partial charge >= 0.3 is 0 Å². The van der Waals surface area contributed by atoms with E-state index in [0.717, 1.165) is 20.6 Å². The molecule has 3 aromatic heterocycles. The van der Waals surface area contributed by atoms with Crippen LogP contribution >= 0.6 is 15.9 Å². The van der Waals surface area contributed by atoms with E-state index in [1.54, 1.807) is 18.5 Å². The highest BCUT2D eigenvalue weighted by Crippen LogP contribution is 2.39. The zero-order chi connectivity index (χ0) is 18.7.